The molecule has 1 aromatic rings. The van der Waals surface area contributed by atoms with Gasteiger partial charge >= 0.3 is 0 Å². The van der Waals surface area contributed by atoms with Gasteiger partial charge in [0.05, 0.1) is 0 Å². The van der Waals surface area contributed by atoms with E-state index in [9.17, 15) is 0 Å². The summed E-state index contributed by atoms with van der Waals surface area (Å²) in [5.41, 5.74) is 3.47. The molecule has 1 heterocycles. The number of hydrogen-bond donors (Lipinski definition) is 1. The molecule has 0 amide bonds. The normalized spacial score (nSPS) is 15.1. The van der Waals surface area contributed by atoms with Gasteiger partial charge in [0.2, 0.25) is 0 Å². The first-order valence-electron chi connectivity index (χ1n) is 6.84. The smallest absolute Gasteiger partial charge is 0.154 e. The van der Waals surface area contributed by atoms with Crippen molar-refractivity contribution in [2.45, 2.75) is 52.7 Å². The Hall–Kier alpha value is -1.00. The van der Waals surface area contributed by atoms with Crippen LogP contribution in [0.5, 0.6) is 0 Å². The van der Waals surface area contributed by atoms with Gasteiger partial charge in [0.15, 0.2) is 5.82 Å². The zero-order chi connectivity index (χ0) is 13.0. The standard InChI is InChI=1S/C14H23N3O/c1-4-18-9-14-16-10(2)13(11(3)17-14)7-8-15-12-5-6-12/h12,15H,4-9H2,1-3H3. The first-order chi connectivity index (χ1) is 8.70. The molecule has 0 atom stereocenters. The lowest BCUT2D eigenvalue weighted by Crippen LogP contribution is -2.20. The van der Waals surface area contributed by atoms with Crippen LogP contribution in [0.25, 0.3) is 0 Å². The average molecular weight is 249 g/mol. The Morgan fingerprint density at radius 1 is 1.22 bits per heavy atom. The van der Waals surface area contributed by atoms with E-state index in [4.69, 9.17) is 4.74 Å². The van der Waals surface area contributed by atoms with Crippen molar-refractivity contribution in [2.24, 2.45) is 0 Å². The SMILES string of the molecule is CCOCc1nc(C)c(CCNC2CC2)c(C)n1. The van der Waals surface area contributed by atoms with E-state index in [0.717, 1.165) is 36.2 Å². The second-order valence-corrected chi connectivity index (χ2v) is 4.90. The summed E-state index contributed by atoms with van der Waals surface area (Å²) < 4.78 is 5.35. The first kappa shape index (κ1) is 13.4. The van der Waals surface area contributed by atoms with Gasteiger partial charge < -0.3 is 10.1 Å². The van der Waals surface area contributed by atoms with Gasteiger partial charge in [-0.05, 0) is 52.1 Å². The van der Waals surface area contributed by atoms with Crippen molar-refractivity contribution in [3.63, 3.8) is 0 Å². The van der Waals surface area contributed by atoms with Gasteiger partial charge in [0.25, 0.3) is 0 Å². The minimum absolute atomic E-state index is 0.513. The summed E-state index contributed by atoms with van der Waals surface area (Å²) in [5, 5.41) is 3.53. The maximum absolute atomic E-state index is 5.35. The summed E-state index contributed by atoms with van der Waals surface area (Å²) in [6.07, 6.45) is 3.69. The van der Waals surface area contributed by atoms with Crippen molar-refractivity contribution in [2.75, 3.05) is 13.2 Å². The largest absolute Gasteiger partial charge is 0.374 e. The number of nitrogens with one attached hydrogen (secondary N) is 1. The van der Waals surface area contributed by atoms with Crippen molar-refractivity contribution in [1.29, 1.82) is 0 Å². The molecule has 1 aromatic heterocycles. The first-order valence-corrected chi connectivity index (χ1v) is 6.84. The molecule has 0 aromatic carbocycles. The monoisotopic (exact) mass is 249 g/mol. The van der Waals surface area contributed by atoms with E-state index < -0.39 is 0 Å². The molecule has 0 unspecified atom stereocenters. The van der Waals surface area contributed by atoms with Crippen LogP contribution in [0.3, 0.4) is 0 Å². The van der Waals surface area contributed by atoms with Crippen LogP contribution in [-0.2, 0) is 17.8 Å². The fraction of sp³-hybridized carbons (Fsp3) is 0.714. The summed E-state index contributed by atoms with van der Waals surface area (Å²) in [7, 11) is 0. The summed E-state index contributed by atoms with van der Waals surface area (Å²) >= 11 is 0. The van der Waals surface area contributed by atoms with Crippen LogP contribution in [0, 0.1) is 13.8 Å². The van der Waals surface area contributed by atoms with E-state index in [1.165, 1.54) is 18.4 Å². The van der Waals surface area contributed by atoms with E-state index in [1.54, 1.807) is 0 Å². The Kier molecular flexibility index (Phi) is 4.66. The molecule has 1 fully saturated rings. The number of nitrogens with zero attached hydrogens (tertiary/aromatic N) is 2. The zero-order valence-electron chi connectivity index (χ0n) is 11.6. The fourth-order valence-electron chi connectivity index (χ4n) is 2.12. The highest BCUT2D eigenvalue weighted by molar-refractivity contribution is 5.24. The quantitative estimate of drug-likeness (QED) is 0.802. The molecule has 1 saturated carbocycles. The molecule has 4 nitrogen and oxygen atoms in total. The predicted molar refractivity (Wildman–Crippen MR) is 71.6 cm³/mol. The highest BCUT2D eigenvalue weighted by Gasteiger charge is 2.20. The van der Waals surface area contributed by atoms with Gasteiger partial charge in [0.1, 0.15) is 6.61 Å². The van der Waals surface area contributed by atoms with Gasteiger partial charge in [-0.1, -0.05) is 0 Å². The Morgan fingerprint density at radius 3 is 2.44 bits per heavy atom. The van der Waals surface area contributed by atoms with Gasteiger partial charge in [-0.15, -0.1) is 0 Å². The zero-order valence-corrected chi connectivity index (χ0v) is 11.6. The lowest BCUT2D eigenvalue weighted by molar-refractivity contribution is 0.128. The Balaban J connectivity index is 1.95. The van der Waals surface area contributed by atoms with Crippen LogP contribution in [0.2, 0.25) is 0 Å². The second-order valence-electron chi connectivity index (χ2n) is 4.90. The van der Waals surface area contributed by atoms with Gasteiger partial charge in [0, 0.05) is 24.0 Å². The summed E-state index contributed by atoms with van der Waals surface area (Å²) in [5.74, 6) is 0.797. The van der Waals surface area contributed by atoms with E-state index in [0.29, 0.717) is 13.2 Å². The van der Waals surface area contributed by atoms with Gasteiger partial charge in [-0.3, -0.25) is 0 Å². The van der Waals surface area contributed by atoms with Gasteiger partial charge in [-0.2, -0.15) is 0 Å². The molecule has 4 heteroatoms. The molecule has 0 saturated heterocycles. The van der Waals surface area contributed by atoms with Crippen molar-refractivity contribution in [1.82, 2.24) is 15.3 Å². The van der Waals surface area contributed by atoms with Crippen molar-refractivity contribution >= 4 is 0 Å². The predicted octanol–water partition coefficient (Wildman–Crippen LogP) is 1.92. The molecule has 0 aliphatic heterocycles. The van der Waals surface area contributed by atoms with Crippen LogP contribution in [0.1, 0.15) is 42.5 Å². The highest BCUT2D eigenvalue weighted by atomic mass is 16.5. The Morgan fingerprint density at radius 2 is 1.89 bits per heavy atom. The summed E-state index contributed by atoms with van der Waals surface area (Å²) in [6, 6.07) is 0.767. The van der Waals surface area contributed by atoms with Crippen molar-refractivity contribution < 1.29 is 4.74 Å². The summed E-state index contributed by atoms with van der Waals surface area (Å²) in [4.78, 5) is 9.04. The minimum atomic E-state index is 0.513. The third-order valence-corrected chi connectivity index (χ3v) is 3.29. The molecule has 100 valence electrons. The van der Waals surface area contributed by atoms with Crippen molar-refractivity contribution in [3.8, 4) is 0 Å². The number of ether oxygens (including phenoxy) is 1. The van der Waals surface area contributed by atoms with Crippen molar-refractivity contribution in [3.05, 3.63) is 22.8 Å². The lowest BCUT2D eigenvalue weighted by Gasteiger charge is -2.11. The molecular weight excluding hydrogens is 226 g/mol. The van der Waals surface area contributed by atoms with Gasteiger partial charge in [-0.25, -0.2) is 9.97 Å². The number of aryl methyl sites for hydroxylation is 2. The molecular formula is C14H23N3O. The second kappa shape index (κ2) is 6.25. The van der Waals surface area contributed by atoms with E-state index in [1.807, 2.05) is 6.92 Å². The molecule has 1 aliphatic carbocycles. The Bertz CT molecular complexity index is 379. The molecule has 18 heavy (non-hydrogen) atoms. The molecule has 1 N–H and O–H groups in total. The molecule has 0 spiro atoms. The molecule has 0 bridgehead atoms. The van der Waals surface area contributed by atoms with Crippen LogP contribution < -0.4 is 5.32 Å². The lowest BCUT2D eigenvalue weighted by atomic mass is 10.1. The number of rotatable bonds is 7. The maximum atomic E-state index is 5.35. The molecule has 1 aliphatic rings. The van der Waals surface area contributed by atoms with Crippen LogP contribution in [0.4, 0.5) is 0 Å². The van der Waals surface area contributed by atoms with Crippen LogP contribution in [-0.4, -0.2) is 29.2 Å². The molecule has 0 radical (unpaired) electrons. The Labute approximate surface area is 109 Å². The van der Waals surface area contributed by atoms with Crippen LogP contribution in [0.15, 0.2) is 0 Å². The third kappa shape index (κ3) is 3.75. The maximum Gasteiger partial charge on any atom is 0.154 e. The molecule has 2 rings (SSSR count). The van der Waals surface area contributed by atoms with E-state index in [-0.39, 0.29) is 0 Å². The van der Waals surface area contributed by atoms with E-state index >= 15 is 0 Å². The number of aromatic nitrogens is 2. The number of hydrogen-bond acceptors (Lipinski definition) is 4. The van der Waals surface area contributed by atoms with E-state index in [2.05, 4.69) is 29.1 Å². The fourth-order valence-corrected chi connectivity index (χ4v) is 2.12. The summed E-state index contributed by atoms with van der Waals surface area (Å²) in [6.45, 7) is 8.36. The topological polar surface area (TPSA) is 47.0 Å². The minimum Gasteiger partial charge on any atom is -0.374 e. The van der Waals surface area contributed by atoms with Crippen LogP contribution >= 0.6 is 0 Å². The highest BCUT2D eigenvalue weighted by Crippen LogP contribution is 2.19. The average Bonchev–Trinajstić information content (AvgIpc) is 3.14. The third-order valence-electron chi connectivity index (χ3n) is 3.29.